The van der Waals surface area contributed by atoms with Crippen molar-refractivity contribution in [3.05, 3.63) is 23.8 Å². The van der Waals surface area contributed by atoms with Crippen LogP contribution in [0.4, 0.5) is 0 Å². The van der Waals surface area contributed by atoms with Gasteiger partial charge >= 0.3 is 0 Å². The largest absolute Gasteiger partial charge is 0.342 e. The summed E-state index contributed by atoms with van der Waals surface area (Å²) in [5, 5.41) is 0. The highest BCUT2D eigenvalue weighted by molar-refractivity contribution is 5.73. The number of likely N-dealkylation sites (tertiary alicyclic amines) is 1. The highest BCUT2D eigenvalue weighted by Crippen LogP contribution is 2.24. The number of aryl methyl sites for hydroxylation is 1. The summed E-state index contributed by atoms with van der Waals surface area (Å²) in [5.41, 5.74) is 2.01. The number of amides is 1. The van der Waals surface area contributed by atoms with Crippen LogP contribution in [-0.4, -0.2) is 75.9 Å². The summed E-state index contributed by atoms with van der Waals surface area (Å²) in [5.74, 6) is 0.850. The van der Waals surface area contributed by atoms with Crippen LogP contribution in [-0.2, 0) is 11.3 Å². The third-order valence-electron chi connectivity index (χ3n) is 5.31. The smallest absolute Gasteiger partial charge is 0.219 e. The third-order valence-corrected chi connectivity index (χ3v) is 5.31. The van der Waals surface area contributed by atoms with Gasteiger partial charge in [-0.2, -0.15) is 0 Å². The standard InChI is InChI=1S/C18H29N5O/c1-14-11-21(12-17-10-19-15(2)9-20-17)13-18(14)23-6-4-5-22(7-8-23)16(3)24/h9-10,14,18H,4-8,11-13H2,1-3H3/t14-,18+/m1/s1. The molecule has 0 saturated carbocycles. The van der Waals surface area contributed by atoms with E-state index in [0.717, 1.165) is 63.6 Å². The Morgan fingerprint density at radius 3 is 2.71 bits per heavy atom. The van der Waals surface area contributed by atoms with Crippen LogP contribution in [0.3, 0.4) is 0 Å². The highest BCUT2D eigenvalue weighted by Gasteiger charge is 2.34. The SMILES string of the molecule is CC(=O)N1CCCN([C@H]2CN(Cc3cnc(C)cn3)C[C@H]2C)CC1. The minimum atomic E-state index is 0.205. The molecular formula is C18H29N5O. The molecule has 0 aromatic carbocycles. The van der Waals surface area contributed by atoms with Crippen molar-refractivity contribution in [2.24, 2.45) is 5.92 Å². The molecule has 0 bridgehead atoms. The van der Waals surface area contributed by atoms with Crippen LogP contribution in [0.2, 0.25) is 0 Å². The van der Waals surface area contributed by atoms with Gasteiger partial charge in [-0.25, -0.2) is 0 Å². The highest BCUT2D eigenvalue weighted by atomic mass is 16.2. The van der Waals surface area contributed by atoms with Crippen LogP contribution >= 0.6 is 0 Å². The molecule has 6 heteroatoms. The second kappa shape index (κ2) is 7.57. The van der Waals surface area contributed by atoms with E-state index in [1.807, 2.05) is 24.2 Å². The van der Waals surface area contributed by atoms with Crippen molar-refractivity contribution in [2.45, 2.75) is 39.8 Å². The van der Waals surface area contributed by atoms with Gasteiger partial charge in [-0.15, -0.1) is 0 Å². The van der Waals surface area contributed by atoms with Gasteiger partial charge in [0.25, 0.3) is 0 Å². The van der Waals surface area contributed by atoms with Crippen LogP contribution < -0.4 is 0 Å². The summed E-state index contributed by atoms with van der Waals surface area (Å²) in [6.07, 6.45) is 4.81. The normalized spacial score (nSPS) is 26.5. The Morgan fingerprint density at radius 1 is 1.17 bits per heavy atom. The van der Waals surface area contributed by atoms with Crippen molar-refractivity contribution in [2.75, 3.05) is 39.3 Å². The van der Waals surface area contributed by atoms with E-state index in [9.17, 15) is 4.79 Å². The number of carbonyl (C=O) groups is 1. The first-order valence-corrected chi connectivity index (χ1v) is 9.02. The molecule has 0 unspecified atom stereocenters. The maximum atomic E-state index is 11.6. The first kappa shape index (κ1) is 17.3. The predicted molar refractivity (Wildman–Crippen MR) is 93.4 cm³/mol. The molecule has 0 spiro atoms. The average Bonchev–Trinajstić information content (AvgIpc) is 2.76. The Labute approximate surface area is 144 Å². The van der Waals surface area contributed by atoms with Gasteiger partial charge in [-0.3, -0.25) is 24.6 Å². The fourth-order valence-corrected chi connectivity index (χ4v) is 3.97. The number of hydrogen-bond donors (Lipinski definition) is 0. The number of rotatable bonds is 3. The summed E-state index contributed by atoms with van der Waals surface area (Å²) in [6, 6.07) is 0.579. The molecule has 0 radical (unpaired) electrons. The molecule has 2 fully saturated rings. The number of carbonyl (C=O) groups excluding carboxylic acids is 1. The predicted octanol–water partition coefficient (Wildman–Crippen LogP) is 1.16. The van der Waals surface area contributed by atoms with Crippen LogP contribution in [0.5, 0.6) is 0 Å². The van der Waals surface area contributed by atoms with Crippen molar-refractivity contribution >= 4 is 5.91 Å². The van der Waals surface area contributed by atoms with Gasteiger partial charge in [-0.05, 0) is 19.3 Å². The maximum Gasteiger partial charge on any atom is 0.219 e. The van der Waals surface area contributed by atoms with E-state index in [4.69, 9.17) is 0 Å². The van der Waals surface area contributed by atoms with E-state index < -0.39 is 0 Å². The van der Waals surface area contributed by atoms with E-state index in [1.54, 1.807) is 6.92 Å². The van der Waals surface area contributed by atoms with Crippen molar-refractivity contribution in [3.8, 4) is 0 Å². The van der Waals surface area contributed by atoms with Crippen molar-refractivity contribution in [3.63, 3.8) is 0 Å². The van der Waals surface area contributed by atoms with Crippen LogP contribution in [0.15, 0.2) is 12.4 Å². The maximum absolute atomic E-state index is 11.6. The van der Waals surface area contributed by atoms with Gasteiger partial charge in [0.2, 0.25) is 5.91 Å². The third kappa shape index (κ3) is 4.11. The molecule has 1 aromatic heterocycles. The molecule has 2 saturated heterocycles. The molecule has 3 heterocycles. The molecule has 3 rings (SSSR count). The van der Waals surface area contributed by atoms with Gasteiger partial charge in [0.15, 0.2) is 0 Å². The van der Waals surface area contributed by atoms with Gasteiger partial charge in [0, 0.05) is 71.2 Å². The Kier molecular flexibility index (Phi) is 5.46. The Morgan fingerprint density at radius 2 is 2.00 bits per heavy atom. The second-order valence-electron chi connectivity index (χ2n) is 7.28. The zero-order valence-electron chi connectivity index (χ0n) is 15.1. The number of hydrogen-bond acceptors (Lipinski definition) is 5. The van der Waals surface area contributed by atoms with E-state index >= 15 is 0 Å². The molecule has 2 aliphatic heterocycles. The molecule has 0 N–H and O–H groups in total. The minimum absolute atomic E-state index is 0.205. The zero-order valence-corrected chi connectivity index (χ0v) is 15.1. The van der Waals surface area contributed by atoms with Gasteiger partial charge in [0.05, 0.1) is 11.4 Å². The van der Waals surface area contributed by atoms with Gasteiger partial charge in [0.1, 0.15) is 0 Å². The summed E-state index contributed by atoms with van der Waals surface area (Å²) in [4.78, 5) is 27.5. The van der Waals surface area contributed by atoms with Crippen molar-refractivity contribution in [1.29, 1.82) is 0 Å². The molecule has 24 heavy (non-hydrogen) atoms. The Balaban J connectivity index is 1.57. The summed E-state index contributed by atoms with van der Waals surface area (Å²) >= 11 is 0. The Hall–Kier alpha value is -1.53. The van der Waals surface area contributed by atoms with Crippen LogP contribution in [0.1, 0.15) is 31.7 Å². The molecule has 6 nitrogen and oxygen atoms in total. The average molecular weight is 331 g/mol. The lowest BCUT2D eigenvalue weighted by Crippen LogP contribution is -2.42. The molecule has 0 aliphatic carbocycles. The molecular weight excluding hydrogens is 302 g/mol. The fraction of sp³-hybridized carbons (Fsp3) is 0.722. The van der Waals surface area contributed by atoms with Crippen LogP contribution in [0, 0.1) is 12.8 Å². The van der Waals surface area contributed by atoms with Crippen LogP contribution in [0.25, 0.3) is 0 Å². The van der Waals surface area contributed by atoms with Gasteiger partial charge < -0.3 is 4.90 Å². The lowest BCUT2D eigenvalue weighted by atomic mass is 10.0. The monoisotopic (exact) mass is 331 g/mol. The Bertz CT molecular complexity index is 561. The lowest BCUT2D eigenvalue weighted by Gasteiger charge is -2.30. The van der Waals surface area contributed by atoms with Crippen molar-refractivity contribution < 1.29 is 4.79 Å². The van der Waals surface area contributed by atoms with E-state index in [-0.39, 0.29) is 5.91 Å². The molecule has 132 valence electrons. The number of nitrogens with zero attached hydrogens (tertiary/aromatic N) is 5. The molecule has 1 amide bonds. The quantitative estimate of drug-likeness (QED) is 0.832. The first-order chi connectivity index (χ1) is 11.5. The molecule has 1 aromatic rings. The fourth-order valence-electron chi connectivity index (χ4n) is 3.97. The zero-order chi connectivity index (χ0) is 17.1. The van der Waals surface area contributed by atoms with Gasteiger partial charge in [-0.1, -0.05) is 6.92 Å². The lowest BCUT2D eigenvalue weighted by molar-refractivity contribution is -0.128. The van der Waals surface area contributed by atoms with Crippen molar-refractivity contribution in [1.82, 2.24) is 24.7 Å². The second-order valence-corrected chi connectivity index (χ2v) is 7.28. The minimum Gasteiger partial charge on any atom is -0.342 e. The topological polar surface area (TPSA) is 52.6 Å². The molecule has 2 aliphatic rings. The summed E-state index contributed by atoms with van der Waals surface area (Å²) in [7, 11) is 0. The summed E-state index contributed by atoms with van der Waals surface area (Å²) < 4.78 is 0. The first-order valence-electron chi connectivity index (χ1n) is 9.02. The number of aromatic nitrogens is 2. The summed E-state index contributed by atoms with van der Waals surface area (Å²) in [6.45, 7) is 12.9. The molecule has 2 atom stereocenters. The van der Waals surface area contributed by atoms with E-state index in [2.05, 4.69) is 26.7 Å². The van der Waals surface area contributed by atoms with E-state index in [1.165, 1.54) is 0 Å². The van der Waals surface area contributed by atoms with E-state index in [0.29, 0.717) is 12.0 Å².